The van der Waals surface area contributed by atoms with E-state index in [1.165, 1.54) is 12.8 Å². The van der Waals surface area contributed by atoms with Gasteiger partial charge in [0.15, 0.2) is 0 Å². The predicted molar refractivity (Wildman–Crippen MR) is 37.8 cm³/mol. The van der Waals surface area contributed by atoms with E-state index < -0.39 is 0 Å². The van der Waals surface area contributed by atoms with Crippen molar-refractivity contribution >= 4 is 0 Å². The summed E-state index contributed by atoms with van der Waals surface area (Å²) in [7, 11) is 1.94. The molecule has 54 valence electrons. The first-order valence-corrected chi connectivity index (χ1v) is 3.49. The second kappa shape index (κ2) is 3.15. The van der Waals surface area contributed by atoms with Crippen LogP contribution in [0.25, 0.3) is 0 Å². The van der Waals surface area contributed by atoms with Crippen LogP contribution >= 0.6 is 0 Å². The van der Waals surface area contributed by atoms with Crippen molar-refractivity contribution < 1.29 is 0 Å². The minimum Gasteiger partial charge on any atom is -0.317 e. The van der Waals surface area contributed by atoms with Crippen molar-refractivity contribution in [3.8, 4) is 0 Å². The zero-order chi connectivity index (χ0) is 6.69. The summed E-state index contributed by atoms with van der Waals surface area (Å²) in [6.45, 7) is 2.23. The van der Waals surface area contributed by atoms with Crippen LogP contribution in [-0.2, 0) is 0 Å². The van der Waals surface area contributed by atoms with Gasteiger partial charge < -0.3 is 5.32 Å². The summed E-state index contributed by atoms with van der Waals surface area (Å²) in [4.78, 5) is 0. The lowest BCUT2D eigenvalue weighted by molar-refractivity contribution is 0.203. The molecule has 3 N–H and O–H groups in total. The quantitative estimate of drug-likeness (QED) is 0.372. The molecule has 0 saturated carbocycles. The Hall–Kier alpha value is -0.120. The Kier molecular flexibility index (Phi) is 2.45. The molecule has 0 radical (unpaired) electrons. The summed E-state index contributed by atoms with van der Waals surface area (Å²) in [5.41, 5.74) is 0. The highest BCUT2D eigenvalue weighted by Gasteiger charge is 2.14. The minimum atomic E-state index is 0.603. The van der Waals surface area contributed by atoms with Crippen molar-refractivity contribution in [2.45, 2.75) is 18.9 Å². The van der Waals surface area contributed by atoms with Gasteiger partial charge in [-0.2, -0.15) is 0 Å². The molecule has 0 aromatic rings. The fourth-order valence-corrected chi connectivity index (χ4v) is 1.21. The van der Waals surface area contributed by atoms with Gasteiger partial charge in [0.1, 0.15) is 0 Å². The lowest BCUT2D eigenvalue weighted by atomic mass is 10.1. The van der Waals surface area contributed by atoms with Gasteiger partial charge in [-0.3, -0.25) is 5.84 Å². The molecule has 0 aromatic carbocycles. The van der Waals surface area contributed by atoms with Gasteiger partial charge in [0, 0.05) is 13.1 Å². The van der Waals surface area contributed by atoms with E-state index in [9.17, 15) is 0 Å². The number of nitrogens with zero attached hydrogens (tertiary/aromatic N) is 1. The third kappa shape index (κ3) is 1.93. The summed E-state index contributed by atoms with van der Waals surface area (Å²) in [5.74, 6) is 5.57. The molecule has 0 amide bonds. The lowest BCUT2D eigenvalue weighted by Gasteiger charge is -2.27. The molecule has 1 rings (SSSR count). The van der Waals surface area contributed by atoms with Crippen LogP contribution in [-0.4, -0.2) is 31.2 Å². The van der Waals surface area contributed by atoms with Gasteiger partial charge in [-0.15, -0.1) is 0 Å². The number of nitrogens with two attached hydrogens (primary N) is 1. The summed E-state index contributed by atoms with van der Waals surface area (Å²) >= 11 is 0. The first-order valence-electron chi connectivity index (χ1n) is 3.49. The minimum absolute atomic E-state index is 0.603. The fraction of sp³-hybridized carbons (Fsp3) is 1.00. The molecule has 0 atom stereocenters. The van der Waals surface area contributed by atoms with Gasteiger partial charge in [0.05, 0.1) is 0 Å². The summed E-state index contributed by atoms with van der Waals surface area (Å²) in [6, 6.07) is 0.603. The van der Waals surface area contributed by atoms with Crippen LogP contribution in [0.1, 0.15) is 12.8 Å². The van der Waals surface area contributed by atoms with Gasteiger partial charge >= 0.3 is 0 Å². The van der Waals surface area contributed by atoms with Gasteiger partial charge in [0.2, 0.25) is 0 Å². The van der Waals surface area contributed by atoms with Crippen molar-refractivity contribution in [1.82, 2.24) is 10.3 Å². The molecule has 1 saturated heterocycles. The standard InChI is InChI=1S/C6H15N3/c1-9(7)6-2-4-8-5-3-6/h6,8H,2-5,7H2,1H3. The SMILES string of the molecule is CN(N)C1CCNCC1. The third-order valence-electron chi connectivity index (χ3n) is 1.88. The van der Waals surface area contributed by atoms with E-state index in [1.807, 2.05) is 12.1 Å². The van der Waals surface area contributed by atoms with Crippen molar-refractivity contribution in [2.75, 3.05) is 20.1 Å². The summed E-state index contributed by atoms with van der Waals surface area (Å²) in [5, 5.41) is 5.11. The van der Waals surface area contributed by atoms with Crippen LogP contribution < -0.4 is 11.2 Å². The van der Waals surface area contributed by atoms with Crippen LogP contribution in [0.3, 0.4) is 0 Å². The van der Waals surface area contributed by atoms with E-state index in [-0.39, 0.29) is 0 Å². The molecule has 9 heavy (non-hydrogen) atoms. The Labute approximate surface area is 56.2 Å². The Morgan fingerprint density at radius 3 is 2.33 bits per heavy atom. The number of piperidine rings is 1. The van der Waals surface area contributed by atoms with E-state index in [1.54, 1.807) is 0 Å². The van der Waals surface area contributed by atoms with E-state index in [2.05, 4.69) is 5.32 Å². The smallest absolute Gasteiger partial charge is 0.0262 e. The van der Waals surface area contributed by atoms with Crippen molar-refractivity contribution in [2.24, 2.45) is 5.84 Å². The second-order valence-electron chi connectivity index (χ2n) is 2.65. The van der Waals surface area contributed by atoms with Gasteiger partial charge in [-0.25, -0.2) is 5.01 Å². The van der Waals surface area contributed by atoms with Gasteiger partial charge in [-0.05, 0) is 25.9 Å². The molecule has 1 aliphatic rings. The molecule has 3 heteroatoms. The summed E-state index contributed by atoms with van der Waals surface area (Å²) in [6.07, 6.45) is 2.38. The van der Waals surface area contributed by atoms with Crippen molar-refractivity contribution in [3.63, 3.8) is 0 Å². The highest BCUT2D eigenvalue weighted by molar-refractivity contribution is 4.72. The monoisotopic (exact) mass is 129 g/mol. The highest BCUT2D eigenvalue weighted by Crippen LogP contribution is 2.05. The Bertz CT molecular complexity index is 76.4. The Morgan fingerprint density at radius 2 is 2.00 bits per heavy atom. The van der Waals surface area contributed by atoms with Gasteiger partial charge in [-0.1, -0.05) is 0 Å². The van der Waals surface area contributed by atoms with E-state index in [0.29, 0.717) is 6.04 Å². The molecule has 0 bridgehead atoms. The van der Waals surface area contributed by atoms with Crippen LogP contribution in [0.2, 0.25) is 0 Å². The molecule has 3 nitrogen and oxygen atoms in total. The molecule has 1 heterocycles. The molecular formula is C6H15N3. The molecular weight excluding hydrogens is 114 g/mol. The Morgan fingerprint density at radius 1 is 1.44 bits per heavy atom. The molecule has 0 unspecified atom stereocenters. The topological polar surface area (TPSA) is 41.3 Å². The molecule has 1 aliphatic heterocycles. The maximum atomic E-state index is 5.57. The predicted octanol–water partition coefficient (Wildman–Crippen LogP) is -0.456. The summed E-state index contributed by atoms with van der Waals surface area (Å²) < 4.78 is 0. The first kappa shape index (κ1) is 6.99. The molecule has 1 fully saturated rings. The van der Waals surface area contributed by atoms with Crippen LogP contribution in [0.5, 0.6) is 0 Å². The van der Waals surface area contributed by atoms with Crippen LogP contribution in [0.15, 0.2) is 0 Å². The normalized spacial score (nSPS) is 23.0. The van der Waals surface area contributed by atoms with Crippen LogP contribution in [0.4, 0.5) is 0 Å². The zero-order valence-corrected chi connectivity index (χ0v) is 5.93. The zero-order valence-electron chi connectivity index (χ0n) is 5.93. The average molecular weight is 129 g/mol. The number of rotatable bonds is 1. The maximum Gasteiger partial charge on any atom is 0.0262 e. The van der Waals surface area contributed by atoms with Crippen molar-refractivity contribution in [1.29, 1.82) is 0 Å². The number of hydrogen-bond acceptors (Lipinski definition) is 3. The largest absolute Gasteiger partial charge is 0.317 e. The molecule has 0 aliphatic carbocycles. The first-order chi connectivity index (χ1) is 4.30. The van der Waals surface area contributed by atoms with E-state index >= 15 is 0 Å². The number of hydrazine groups is 1. The highest BCUT2D eigenvalue weighted by atomic mass is 15.4. The third-order valence-corrected chi connectivity index (χ3v) is 1.88. The van der Waals surface area contributed by atoms with E-state index in [0.717, 1.165) is 13.1 Å². The lowest BCUT2D eigenvalue weighted by Crippen LogP contribution is -2.44. The number of hydrogen-bond donors (Lipinski definition) is 2. The van der Waals surface area contributed by atoms with E-state index in [4.69, 9.17) is 5.84 Å². The molecule has 0 spiro atoms. The Balaban J connectivity index is 2.23. The van der Waals surface area contributed by atoms with Crippen molar-refractivity contribution in [3.05, 3.63) is 0 Å². The molecule has 0 aromatic heterocycles. The second-order valence-corrected chi connectivity index (χ2v) is 2.65. The maximum absolute atomic E-state index is 5.57. The average Bonchev–Trinajstić information content (AvgIpc) is 1.90. The van der Waals surface area contributed by atoms with Crippen LogP contribution in [0, 0.1) is 0 Å². The van der Waals surface area contributed by atoms with Gasteiger partial charge in [0.25, 0.3) is 0 Å². The number of nitrogens with one attached hydrogen (secondary N) is 1. The fourth-order valence-electron chi connectivity index (χ4n) is 1.21.